The lowest BCUT2D eigenvalue weighted by molar-refractivity contribution is -0.0327. The molecule has 102 valence electrons. The van der Waals surface area contributed by atoms with Gasteiger partial charge in [-0.3, -0.25) is 0 Å². The number of hydrogen-bond donors (Lipinski definition) is 1. The molecule has 2 aromatic carbocycles. The van der Waals surface area contributed by atoms with Crippen molar-refractivity contribution in [2.45, 2.75) is 12.1 Å². The predicted molar refractivity (Wildman–Crippen MR) is 74.2 cm³/mol. The molecule has 2 rings (SSSR count). The van der Waals surface area contributed by atoms with Crippen LogP contribution in [0.5, 0.6) is 0 Å². The van der Waals surface area contributed by atoms with Gasteiger partial charge in [-0.2, -0.15) is 13.2 Å². The number of rotatable bonds is 5. The number of halogens is 3. The Bertz CT molecular complexity index is 534. The van der Waals surface area contributed by atoms with Gasteiger partial charge in [-0.1, -0.05) is 42.5 Å². The number of alkyl halides is 3. The Balaban J connectivity index is 1.88. The number of fused-ring (bicyclic) bond motifs is 1. The Labute approximate surface area is 114 Å². The Kier molecular flexibility index (Phi) is 4.71. The molecule has 0 aliphatic heterocycles. The van der Waals surface area contributed by atoms with Crippen molar-refractivity contribution in [2.75, 3.05) is 12.3 Å². The van der Waals surface area contributed by atoms with Crippen LogP contribution >= 0.6 is 11.8 Å². The molecule has 5 heteroatoms. The molecule has 2 aromatic rings. The Morgan fingerprint density at radius 1 is 1.00 bits per heavy atom. The molecule has 0 amide bonds. The van der Waals surface area contributed by atoms with Gasteiger partial charge >= 0.3 is 5.51 Å². The monoisotopic (exact) mass is 285 g/mol. The molecule has 0 unspecified atom stereocenters. The third-order valence-electron chi connectivity index (χ3n) is 2.74. The average molecular weight is 285 g/mol. The van der Waals surface area contributed by atoms with Crippen LogP contribution in [0.15, 0.2) is 42.5 Å². The summed E-state index contributed by atoms with van der Waals surface area (Å²) in [7, 11) is 0. The highest BCUT2D eigenvalue weighted by Crippen LogP contribution is 2.29. The van der Waals surface area contributed by atoms with Crippen molar-refractivity contribution in [1.82, 2.24) is 5.32 Å². The van der Waals surface area contributed by atoms with Gasteiger partial charge in [-0.15, -0.1) is 0 Å². The largest absolute Gasteiger partial charge is 0.441 e. The normalized spacial score (nSPS) is 11.9. The average Bonchev–Trinajstić information content (AvgIpc) is 2.37. The minimum absolute atomic E-state index is 0.00983. The van der Waals surface area contributed by atoms with Gasteiger partial charge in [0.25, 0.3) is 0 Å². The van der Waals surface area contributed by atoms with E-state index in [9.17, 15) is 13.2 Å². The topological polar surface area (TPSA) is 12.0 Å². The summed E-state index contributed by atoms with van der Waals surface area (Å²) in [6, 6.07) is 14.0. The van der Waals surface area contributed by atoms with Crippen molar-refractivity contribution < 1.29 is 13.2 Å². The summed E-state index contributed by atoms with van der Waals surface area (Å²) in [6.07, 6.45) is 0. The fourth-order valence-corrected chi connectivity index (χ4v) is 2.39. The van der Waals surface area contributed by atoms with E-state index in [1.165, 1.54) is 0 Å². The molecule has 0 atom stereocenters. The van der Waals surface area contributed by atoms with Crippen LogP contribution < -0.4 is 5.32 Å². The first-order valence-corrected chi connectivity index (χ1v) is 6.93. The highest BCUT2D eigenvalue weighted by molar-refractivity contribution is 8.00. The summed E-state index contributed by atoms with van der Waals surface area (Å²) in [4.78, 5) is 0. The maximum atomic E-state index is 11.9. The Morgan fingerprint density at radius 2 is 1.74 bits per heavy atom. The molecule has 0 spiro atoms. The van der Waals surface area contributed by atoms with E-state index in [2.05, 4.69) is 5.32 Å². The van der Waals surface area contributed by atoms with Gasteiger partial charge in [0, 0.05) is 18.8 Å². The van der Waals surface area contributed by atoms with Crippen molar-refractivity contribution in [3.63, 3.8) is 0 Å². The minimum atomic E-state index is -4.14. The third kappa shape index (κ3) is 4.44. The second-order valence-electron chi connectivity index (χ2n) is 4.11. The van der Waals surface area contributed by atoms with Gasteiger partial charge in [-0.05, 0) is 28.1 Å². The van der Waals surface area contributed by atoms with Crippen molar-refractivity contribution >= 4 is 22.5 Å². The molecule has 0 aliphatic carbocycles. The molecule has 0 bridgehead atoms. The van der Waals surface area contributed by atoms with E-state index < -0.39 is 5.51 Å². The zero-order chi connectivity index (χ0) is 13.7. The van der Waals surface area contributed by atoms with Crippen LogP contribution in [0, 0.1) is 0 Å². The summed E-state index contributed by atoms with van der Waals surface area (Å²) in [6.45, 7) is 0.924. The van der Waals surface area contributed by atoms with Crippen LogP contribution in [-0.4, -0.2) is 17.8 Å². The summed E-state index contributed by atoms with van der Waals surface area (Å²) in [5, 5.41) is 5.33. The van der Waals surface area contributed by atoms with E-state index in [0.29, 0.717) is 13.1 Å². The molecule has 0 fully saturated rings. The molecule has 19 heavy (non-hydrogen) atoms. The van der Waals surface area contributed by atoms with E-state index in [4.69, 9.17) is 0 Å². The number of benzene rings is 2. The summed E-state index contributed by atoms with van der Waals surface area (Å²) < 4.78 is 35.8. The number of hydrogen-bond acceptors (Lipinski definition) is 2. The van der Waals surface area contributed by atoms with Crippen molar-refractivity contribution in [3.05, 3.63) is 48.0 Å². The second kappa shape index (κ2) is 6.30. The first-order valence-electron chi connectivity index (χ1n) is 5.94. The standard InChI is InChI=1S/C14H14F3NS/c15-14(16,17)19-9-8-18-10-12-6-3-5-11-4-1-2-7-13(11)12/h1-7,18H,8-10H2. The summed E-state index contributed by atoms with van der Waals surface area (Å²) in [5.74, 6) is 0.0360. The highest BCUT2D eigenvalue weighted by Gasteiger charge is 2.27. The van der Waals surface area contributed by atoms with Gasteiger partial charge in [0.15, 0.2) is 0 Å². The summed E-state index contributed by atoms with van der Waals surface area (Å²) in [5.41, 5.74) is -3.03. The van der Waals surface area contributed by atoms with Crippen molar-refractivity contribution in [2.24, 2.45) is 0 Å². The zero-order valence-corrected chi connectivity index (χ0v) is 11.0. The highest BCUT2D eigenvalue weighted by atomic mass is 32.2. The number of thioether (sulfide) groups is 1. The van der Waals surface area contributed by atoms with E-state index in [1.807, 2.05) is 42.5 Å². The molecule has 0 aromatic heterocycles. The van der Waals surface area contributed by atoms with Crippen LogP contribution in [0.3, 0.4) is 0 Å². The second-order valence-corrected chi connectivity index (χ2v) is 5.27. The minimum Gasteiger partial charge on any atom is -0.312 e. The molecule has 0 aliphatic rings. The van der Waals surface area contributed by atoms with E-state index in [0.717, 1.165) is 16.3 Å². The van der Waals surface area contributed by atoms with Crippen LogP contribution in [0.4, 0.5) is 13.2 Å². The van der Waals surface area contributed by atoms with Crippen molar-refractivity contribution in [3.8, 4) is 0 Å². The predicted octanol–water partition coefficient (Wildman–Crippen LogP) is 4.18. The molecule has 0 radical (unpaired) electrons. The molecular formula is C14H14F3NS. The van der Waals surface area contributed by atoms with Crippen LogP contribution in [-0.2, 0) is 6.54 Å². The smallest absolute Gasteiger partial charge is 0.312 e. The number of nitrogens with one attached hydrogen (secondary N) is 1. The summed E-state index contributed by atoms with van der Waals surface area (Å²) >= 11 is 0.00983. The van der Waals surface area contributed by atoms with Crippen LogP contribution in [0.1, 0.15) is 5.56 Å². The van der Waals surface area contributed by atoms with E-state index >= 15 is 0 Å². The zero-order valence-electron chi connectivity index (χ0n) is 10.2. The van der Waals surface area contributed by atoms with Gasteiger partial charge in [0.1, 0.15) is 0 Å². The third-order valence-corrected chi connectivity index (χ3v) is 3.48. The Hall–Kier alpha value is -1.20. The maximum Gasteiger partial charge on any atom is 0.441 e. The molecule has 1 nitrogen and oxygen atoms in total. The first-order chi connectivity index (χ1) is 9.06. The lowest BCUT2D eigenvalue weighted by atomic mass is 10.0. The molecule has 0 saturated heterocycles. The Morgan fingerprint density at radius 3 is 2.53 bits per heavy atom. The molecule has 1 N–H and O–H groups in total. The molecular weight excluding hydrogens is 271 g/mol. The van der Waals surface area contributed by atoms with Gasteiger partial charge in [0.05, 0.1) is 0 Å². The fourth-order valence-electron chi connectivity index (χ4n) is 1.91. The lowest BCUT2D eigenvalue weighted by Gasteiger charge is -2.09. The van der Waals surface area contributed by atoms with Crippen molar-refractivity contribution in [1.29, 1.82) is 0 Å². The van der Waals surface area contributed by atoms with Crippen LogP contribution in [0.2, 0.25) is 0 Å². The molecule has 0 saturated carbocycles. The van der Waals surface area contributed by atoms with E-state index in [1.54, 1.807) is 0 Å². The van der Waals surface area contributed by atoms with E-state index in [-0.39, 0.29) is 17.5 Å². The first kappa shape index (κ1) is 14.2. The van der Waals surface area contributed by atoms with Gasteiger partial charge in [0.2, 0.25) is 0 Å². The van der Waals surface area contributed by atoms with Gasteiger partial charge in [-0.25, -0.2) is 0 Å². The molecule has 0 heterocycles. The SMILES string of the molecule is FC(F)(F)SCCNCc1cccc2ccccc12. The van der Waals surface area contributed by atoms with Gasteiger partial charge < -0.3 is 5.32 Å². The van der Waals surface area contributed by atoms with Crippen LogP contribution in [0.25, 0.3) is 10.8 Å². The fraction of sp³-hybridized carbons (Fsp3) is 0.286. The maximum absolute atomic E-state index is 11.9. The quantitative estimate of drug-likeness (QED) is 0.827. The lowest BCUT2D eigenvalue weighted by Crippen LogP contribution is -2.18.